The molecule has 0 nitrogen and oxygen atoms in total. The van der Waals surface area contributed by atoms with Gasteiger partial charge in [-0.1, -0.05) is 166 Å². The first-order chi connectivity index (χ1) is 24.1. The maximum Gasteiger partial charge on any atom is -0.0287 e. The van der Waals surface area contributed by atoms with Gasteiger partial charge in [0.05, 0.1) is 0 Å². The van der Waals surface area contributed by atoms with Crippen molar-refractivity contribution in [1.29, 1.82) is 0 Å². The van der Waals surface area contributed by atoms with Crippen LogP contribution in [-0.2, 0) is 0 Å². The third kappa shape index (κ3) is 6.45. The fourth-order valence-electron chi connectivity index (χ4n) is 20.9. The van der Waals surface area contributed by atoms with Crippen LogP contribution in [0.25, 0.3) is 0 Å². The summed E-state index contributed by atoms with van der Waals surface area (Å²) in [7, 11) is 0. The first-order valence-corrected chi connectivity index (χ1v) is 24.1. The predicted molar refractivity (Wildman–Crippen MR) is 234 cm³/mol. The van der Waals surface area contributed by atoms with Crippen molar-refractivity contribution in [3.63, 3.8) is 0 Å². The average molecular weight is 735 g/mol. The average Bonchev–Trinajstić information content (AvgIpc) is 3.63. The van der Waals surface area contributed by atoms with Gasteiger partial charge < -0.3 is 0 Å². The summed E-state index contributed by atoms with van der Waals surface area (Å²) in [5.41, 5.74) is 1.69. The maximum atomic E-state index is 2.78. The van der Waals surface area contributed by atoms with Gasteiger partial charge in [-0.25, -0.2) is 0 Å². The molecule has 0 radical (unpaired) electrons. The first-order valence-electron chi connectivity index (χ1n) is 24.1. The zero-order chi connectivity index (χ0) is 40.5. The van der Waals surface area contributed by atoms with Crippen molar-refractivity contribution >= 4 is 0 Å². The predicted octanol–water partition coefficient (Wildman–Crippen LogP) is 15.9. The van der Waals surface area contributed by atoms with Crippen molar-refractivity contribution in [3.8, 4) is 0 Å². The Kier molecular flexibility index (Phi) is 12.0. The second kappa shape index (κ2) is 14.4. The molecule has 0 heterocycles. The molecule has 0 N–H and O–H groups in total. The first kappa shape index (κ1) is 44.1. The zero-order valence-electron chi connectivity index (χ0n) is 40.5. The lowest BCUT2D eigenvalue weighted by molar-refractivity contribution is -0.0303. The SMILES string of the molecule is CCC(C)C1CCC(C)(C)C2C(C)C(C)C(C2C)C(C)(C)C2C(C)C(C)C(C2C)C(C)(C)C2CC(C)C(C2C)C(C)(C)C2C(C)C(C)C(C2C)C1(C)C. The van der Waals surface area contributed by atoms with Crippen LogP contribution in [-0.4, -0.2) is 0 Å². The lowest BCUT2D eigenvalue weighted by Gasteiger charge is -2.51. The molecule has 0 aromatic rings. The highest BCUT2D eigenvalue weighted by atomic mass is 14.7. The van der Waals surface area contributed by atoms with E-state index in [1.807, 2.05) is 0 Å². The van der Waals surface area contributed by atoms with E-state index in [0.717, 1.165) is 124 Å². The van der Waals surface area contributed by atoms with Crippen LogP contribution >= 0.6 is 0 Å². The van der Waals surface area contributed by atoms with E-state index in [1.165, 1.54) is 25.7 Å². The van der Waals surface area contributed by atoms with Crippen LogP contribution in [0.1, 0.15) is 185 Å². The fraction of sp³-hybridized carbons (Fsp3) is 1.00. The molecule has 5 aliphatic carbocycles. The highest BCUT2D eigenvalue weighted by Crippen LogP contribution is 2.71. The molecular weight excluding hydrogens is 637 g/mol. The Bertz CT molecular complexity index is 1260. The van der Waals surface area contributed by atoms with Gasteiger partial charge in [-0.3, -0.25) is 0 Å². The van der Waals surface area contributed by atoms with E-state index in [2.05, 4.69) is 159 Å². The largest absolute Gasteiger partial charge is 0.0651 e. The lowest BCUT2D eigenvalue weighted by Crippen LogP contribution is -2.45. The Morgan fingerprint density at radius 1 is 0.415 bits per heavy atom. The normalized spacial score (nSPS) is 53.7. The Balaban J connectivity index is 1.69. The molecule has 21 unspecified atom stereocenters. The van der Waals surface area contributed by atoms with Gasteiger partial charge in [-0.2, -0.15) is 0 Å². The lowest BCUT2D eigenvalue weighted by atomic mass is 9.54. The molecule has 0 heteroatoms. The zero-order valence-corrected chi connectivity index (χ0v) is 40.5. The molecular formula is C53H98. The minimum atomic E-state index is 0.327. The van der Waals surface area contributed by atoms with Gasteiger partial charge >= 0.3 is 0 Å². The number of hydrogen-bond acceptors (Lipinski definition) is 0. The molecule has 0 amide bonds. The van der Waals surface area contributed by atoms with E-state index < -0.39 is 0 Å². The summed E-state index contributed by atoms with van der Waals surface area (Å²) in [5, 5.41) is 0. The summed E-state index contributed by atoms with van der Waals surface area (Å²) in [6, 6.07) is 0. The van der Waals surface area contributed by atoms with E-state index in [9.17, 15) is 0 Å². The van der Waals surface area contributed by atoms with E-state index in [1.54, 1.807) is 0 Å². The standard InChI is InChI=1S/C53H98/c1-24-28(2)40-25-26-49(14,15)43-30(4)31(5)46(37(43)11)53(22,23)48-35(9)33(7)45(39(48)13)51(18,19)41-27-29(3)42(36(41)10)52(20,21)47-34(8)32(6)44(38(47)12)50(40,16)17/h28-48H,24-27H2,1-23H3. The molecule has 0 aromatic carbocycles. The molecule has 0 aromatic heterocycles. The molecule has 21 atom stereocenters. The van der Waals surface area contributed by atoms with Crippen LogP contribution in [0.5, 0.6) is 0 Å². The van der Waals surface area contributed by atoms with Gasteiger partial charge in [0.25, 0.3) is 0 Å². The molecule has 8 bridgehead atoms. The smallest absolute Gasteiger partial charge is 0.0287 e. The van der Waals surface area contributed by atoms with Crippen LogP contribution < -0.4 is 0 Å². The molecule has 53 heavy (non-hydrogen) atoms. The Morgan fingerprint density at radius 3 is 1.17 bits per heavy atom. The second-order valence-electron chi connectivity index (χ2n) is 25.9. The van der Waals surface area contributed by atoms with E-state index >= 15 is 0 Å². The monoisotopic (exact) mass is 735 g/mol. The summed E-state index contributed by atoms with van der Waals surface area (Å²) < 4.78 is 0. The van der Waals surface area contributed by atoms with Crippen molar-refractivity contribution in [1.82, 2.24) is 0 Å². The van der Waals surface area contributed by atoms with Gasteiger partial charge in [-0.05, 0) is 171 Å². The van der Waals surface area contributed by atoms with E-state index in [0.29, 0.717) is 27.1 Å². The van der Waals surface area contributed by atoms with Crippen LogP contribution in [0.2, 0.25) is 0 Å². The highest BCUT2D eigenvalue weighted by molar-refractivity contribution is 5.13. The quantitative estimate of drug-likeness (QED) is 0.265. The molecule has 5 aliphatic rings. The molecule has 310 valence electrons. The maximum absolute atomic E-state index is 2.78. The third-order valence-electron chi connectivity index (χ3n) is 22.1. The Labute approximate surface area is 335 Å². The van der Waals surface area contributed by atoms with Gasteiger partial charge in [-0.15, -0.1) is 0 Å². The molecule has 5 saturated carbocycles. The van der Waals surface area contributed by atoms with Crippen molar-refractivity contribution in [3.05, 3.63) is 0 Å². The Morgan fingerprint density at radius 2 is 0.755 bits per heavy atom. The number of fused-ring (bicyclic) bond motifs is 8. The van der Waals surface area contributed by atoms with Crippen molar-refractivity contribution in [2.75, 3.05) is 0 Å². The molecule has 0 spiro atoms. The summed E-state index contributed by atoms with van der Waals surface area (Å²) in [5.74, 6) is 16.4. The van der Waals surface area contributed by atoms with Crippen LogP contribution in [0.15, 0.2) is 0 Å². The van der Waals surface area contributed by atoms with Gasteiger partial charge in [0.15, 0.2) is 0 Å². The van der Waals surface area contributed by atoms with Crippen LogP contribution in [0, 0.1) is 151 Å². The van der Waals surface area contributed by atoms with E-state index in [-0.39, 0.29) is 0 Å². The minimum Gasteiger partial charge on any atom is -0.0651 e. The third-order valence-corrected chi connectivity index (χ3v) is 22.1. The molecule has 0 saturated heterocycles. The van der Waals surface area contributed by atoms with Crippen molar-refractivity contribution in [2.24, 2.45) is 151 Å². The molecule has 5 rings (SSSR count). The van der Waals surface area contributed by atoms with Crippen LogP contribution in [0.4, 0.5) is 0 Å². The Hall–Kier alpha value is 0. The minimum absolute atomic E-state index is 0.327. The van der Waals surface area contributed by atoms with E-state index in [4.69, 9.17) is 0 Å². The van der Waals surface area contributed by atoms with Gasteiger partial charge in [0.2, 0.25) is 0 Å². The van der Waals surface area contributed by atoms with Crippen molar-refractivity contribution < 1.29 is 0 Å². The summed E-state index contributed by atoms with van der Waals surface area (Å²) >= 11 is 0. The van der Waals surface area contributed by atoms with Gasteiger partial charge in [0.1, 0.15) is 0 Å². The van der Waals surface area contributed by atoms with Gasteiger partial charge in [0, 0.05) is 0 Å². The highest BCUT2D eigenvalue weighted by Gasteiger charge is 2.65. The molecule has 5 fully saturated rings. The number of hydrogen-bond donors (Lipinski definition) is 0. The molecule has 0 aliphatic heterocycles. The van der Waals surface area contributed by atoms with Crippen LogP contribution in [0.3, 0.4) is 0 Å². The summed E-state index contributed by atoms with van der Waals surface area (Å²) in [4.78, 5) is 0. The van der Waals surface area contributed by atoms with Crippen molar-refractivity contribution in [2.45, 2.75) is 185 Å². The second-order valence-corrected chi connectivity index (χ2v) is 25.9. The topological polar surface area (TPSA) is 0 Å². The summed E-state index contributed by atoms with van der Waals surface area (Å²) in [6.07, 6.45) is 5.52. The summed E-state index contributed by atoms with van der Waals surface area (Å²) in [6.45, 7) is 62.7. The number of rotatable bonds is 2. The fourth-order valence-corrected chi connectivity index (χ4v) is 20.9.